The van der Waals surface area contributed by atoms with Crippen LogP contribution in [0.2, 0.25) is 0 Å². The summed E-state index contributed by atoms with van der Waals surface area (Å²) in [5.41, 5.74) is 2.57. The summed E-state index contributed by atoms with van der Waals surface area (Å²) in [4.78, 5) is 20.2. The van der Waals surface area contributed by atoms with Gasteiger partial charge in [-0.15, -0.1) is 0 Å². The first-order valence-electron chi connectivity index (χ1n) is 10.6. The van der Waals surface area contributed by atoms with E-state index in [0.717, 1.165) is 35.5 Å². The van der Waals surface area contributed by atoms with Gasteiger partial charge < -0.3 is 9.64 Å². The number of piperidine rings is 1. The Labute approximate surface area is 171 Å². The van der Waals surface area contributed by atoms with Crippen LogP contribution >= 0.6 is 0 Å². The average Bonchev–Trinajstić information content (AvgIpc) is 2.74. The van der Waals surface area contributed by atoms with E-state index in [4.69, 9.17) is 4.74 Å². The number of fused-ring (bicyclic) bond motifs is 1. The molecule has 2 heterocycles. The summed E-state index contributed by atoms with van der Waals surface area (Å²) in [6.45, 7) is 8.12. The highest BCUT2D eigenvalue weighted by molar-refractivity contribution is 5.81. The number of hydrogen-bond donors (Lipinski definition) is 0. The Kier molecular flexibility index (Phi) is 5.95. The zero-order valence-electron chi connectivity index (χ0n) is 17.4. The molecule has 0 spiro atoms. The summed E-state index contributed by atoms with van der Waals surface area (Å²) < 4.78 is 7.57. The van der Waals surface area contributed by atoms with Crippen molar-refractivity contribution in [2.45, 2.75) is 39.5 Å². The van der Waals surface area contributed by atoms with Crippen molar-refractivity contribution >= 4 is 10.9 Å². The molecule has 1 aromatic heterocycles. The van der Waals surface area contributed by atoms with Gasteiger partial charge in [0.25, 0.3) is 5.56 Å². The molecule has 1 fully saturated rings. The highest BCUT2D eigenvalue weighted by Crippen LogP contribution is 2.18. The van der Waals surface area contributed by atoms with Crippen molar-refractivity contribution in [1.82, 2.24) is 14.5 Å². The molecule has 1 aliphatic heterocycles. The van der Waals surface area contributed by atoms with Gasteiger partial charge in [-0.2, -0.15) is 0 Å². The first kappa shape index (κ1) is 19.6. The lowest BCUT2D eigenvalue weighted by molar-refractivity contribution is 0.205. The van der Waals surface area contributed by atoms with Crippen molar-refractivity contribution in [3.05, 3.63) is 64.2 Å². The molecule has 3 aromatic rings. The quantitative estimate of drug-likeness (QED) is 0.589. The molecular formula is C24H29N3O2. The molecule has 152 valence electrons. The van der Waals surface area contributed by atoms with E-state index in [1.165, 1.54) is 32.4 Å². The lowest BCUT2D eigenvalue weighted by atomic mass is 10.1. The summed E-state index contributed by atoms with van der Waals surface area (Å²) in [7, 11) is 0. The molecule has 2 aromatic carbocycles. The molecule has 0 amide bonds. The average molecular weight is 392 g/mol. The normalized spacial score (nSPS) is 15.0. The molecule has 0 atom stereocenters. The van der Waals surface area contributed by atoms with Gasteiger partial charge in [-0.05, 0) is 82.1 Å². The highest BCUT2D eigenvalue weighted by atomic mass is 16.5. The Morgan fingerprint density at radius 1 is 1.00 bits per heavy atom. The van der Waals surface area contributed by atoms with Crippen molar-refractivity contribution in [3.63, 3.8) is 0 Å². The zero-order valence-corrected chi connectivity index (χ0v) is 17.4. The zero-order chi connectivity index (χ0) is 20.2. The standard InChI is InChI=1S/C24H29N3O2/c1-18-8-6-9-22-23(18)25-19(2)27(24(22)28)20-10-12-21(13-11-20)29-17-7-16-26-14-4-3-5-15-26/h6,8-13H,3-5,7,14-17H2,1-2H3. The fourth-order valence-corrected chi connectivity index (χ4v) is 4.12. The molecule has 5 nitrogen and oxygen atoms in total. The Hall–Kier alpha value is -2.66. The van der Waals surface area contributed by atoms with E-state index in [9.17, 15) is 4.79 Å². The fraction of sp³-hybridized carbons (Fsp3) is 0.417. The topological polar surface area (TPSA) is 47.4 Å². The molecule has 0 N–H and O–H groups in total. The van der Waals surface area contributed by atoms with Crippen LogP contribution < -0.4 is 10.3 Å². The van der Waals surface area contributed by atoms with E-state index in [2.05, 4.69) is 9.88 Å². The molecule has 0 aliphatic carbocycles. The second-order valence-corrected chi connectivity index (χ2v) is 7.87. The minimum absolute atomic E-state index is 0.0357. The number of nitrogens with zero attached hydrogens (tertiary/aromatic N) is 3. The highest BCUT2D eigenvalue weighted by Gasteiger charge is 2.12. The molecule has 4 rings (SSSR count). The van der Waals surface area contributed by atoms with Gasteiger partial charge in [0.1, 0.15) is 11.6 Å². The Bertz CT molecular complexity index is 1030. The van der Waals surface area contributed by atoms with Crippen molar-refractivity contribution in [1.29, 1.82) is 0 Å². The smallest absolute Gasteiger partial charge is 0.265 e. The monoisotopic (exact) mass is 391 g/mol. The minimum atomic E-state index is -0.0357. The first-order chi connectivity index (χ1) is 14.1. The molecule has 0 saturated carbocycles. The molecule has 29 heavy (non-hydrogen) atoms. The summed E-state index contributed by atoms with van der Waals surface area (Å²) in [5, 5.41) is 0.647. The van der Waals surface area contributed by atoms with Gasteiger partial charge in [-0.1, -0.05) is 18.6 Å². The van der Waals surface area contributed by atoms with Crippen molar-refractivity contribution < 1.29 is 4.74 Å². The summed E-state index contributed by atoms with van der Waals surface area (Å²) in [6, 6.07) is 13.4. The number of likely N-dealkylation sites (tertiary alicyclic amines) is 1. The third-order valence-electron chi connectivity index (χ3n) is 5.70. The van der Waals surface area contributed by atoms with Crippen LogP contribution in [0.15, 0.2) is 47.3 Å². The molecule has 1 aliphatic rings. The van der Waals surface area contributed by atoms with Crippen LogP contribution in [-0.2, 0) is 0 Å². The third-order valence-corrected chi connectivity index (χ3v) is 5.70. The van der Waals surface area contributed by atoms with Crippen LogP contribution in [0.4, 0.5) is 0 Å². The molecule has 0 radical (unpaired) electrons. The molecule has 0 bridgehead atoms. The summed E-state index contributed by atoms with van der Waals surface area (Å²) in [6.07, 6.45) is 5.05. The van der Waals surface area contributed by atoms with Gasteiger partial charge in [-0.3, -0.25) is 9.36 Å². The van der Waals surface area contributed by atoms with Crippen LogP contribution in [0, 0.1) is 13.8 Å². The maximum atomic E-state index is 13.0. The van der Waals surface area contributed by atoms with Crippen LogP contribution in [-0.4, -0.2) is 40.7 Å². The first-order valence-corrected chi connectivity index (χ1v) is 10.6. The molecule has 0 unspecified atom stereocenters. The van der Waals surface area contributed by atoms with Gasteiger partial charge in [0.05, 0.1) is 23.2 Å². The van der Waals surface area contributed by atoms with Gasteiger partial charge in [0.2, 0.25) is 0 Å². The van der Waals surface area contributed by atoms with E-state index in [-0.39, 0.29) is 5.56 Å². The second-order valence-electron chi connectivity index (χ2n) is 7.87. The number of rotatable bonds is 6. The van der Waals surface area contributed by atoms with Crippen LogP contribution in [0.5, 0.6) is 5.75 Å². The second kappa shape index (κ2) is 8.78. The Balaban J connectivity index is 1.44. The predicted octanol–water partition coefficient (Wildman–Crippen LogP) is 4.26. The predicted molar refractivity (Wildman–Crippen MR) is 117 cm³/mol. The van der Waals surface area contributed by atoms with Crippen LogP contribution in [0.25, 0.3) is 16.6 Å². The van der Waals surface area contributed by atoms with Crippen molar-refractivity contribution in [2.75, 3.05) is 26.2 Å². The molecule has 5 heteroatoms. The van der Waals surface area contributed by atoms with Gasteiger partial charge in [-0.25, -0.2) is 4.98 Å². The minimum Gasteiger partial charge on any atom is -0.494 e. The molecule has 1 saturated heterocycles. The summed E-state index contributed by atoms with van der Waals surface area (Å²) in [5.74, 6) is 1.52. The fourth-order valence-electron chi connectivity index (χ4n) is 4.12. The van der Waals surface area contributed by atoms with E-state index in [1.807, 2.05) is 56.3 Å². The van der Waals surface area contributed by atoms with Crippen molar-refractivity contribution in [2.24, 2.45) is 0 Å². The maximum Gasteiger partial charge on any atom is 0.265 e. The van der Waals surface area contributed by atoms with E-state index in [1.54, 1.807) is 4.57 Å². The lowest BCUT2D eigenvalue weighted by Gasteiger charge is -2.26. The molecular weight excluding hydrogens is 362 g/mol. The number of aromatic nitrogens is 2. The number of hydrogen-bond acceptors (Lipinski definition) is 4. The van der Waals surface area contributed by atoms with E-state index in [0.29, 0.717) is 17.8 Å². The van der Waals surface area contributed by atoms with Crippen molar-refractivity contribution in [3.8, 4) is 11.4 Å². The number of ether oxygens (including phenoxy) is 1. The van der Waals surface area contributed by atoms with E-state index >= 15 is 0 Å². The third kappa shape index (κ3) is 4.35. The Morgan fingerprint density at radius 2 is 1.76 bits per heavy atom. The SMILES string of the molecule is Cc1cccc2c(=O)n(-c3ccc(OCCCN4CCCCC4)cc3)c(C)nc12. The largest absolute Gasteiger partial charge is 0.494 e. The Morgan fingerprint density at radius 3 is 2.52 bits per heavy atom. The summed E-state index contributed by atoms with van der Waals surface area (Å²) >= 11 is 0. The lowest BCUT2D eigenvalue weighted by Crippen LogP contribution is -2.31. The maximum absolute atomic E-state index is 13.0. The number of aryl methyl sites for hydroxylation is 2. The van der Waals surface area contributed by atoms with E-state index < -0.39 is 0 Å². The van der Waals surface area contributed by atoms with Crippen LogP contribution in [0.3, 0.4) is 0 Å². The van der Waals surface area contributed by atoms with Gasteiger partial charge in [0, 0.05) is 6.54 Å². The van der Waals surface area contributed by atoms with Gasteiger partial charge in [0.15, 0.2) is 0 Å². The number of benzene rings is 2. The van der Waals surface area contributed by atoms with Gasteiger partial charge >= 0.3 is 0 Å². The number of para-hydroxylation sites is 1. The van der Waals surface area contributed by atoms with Crippen LogP contribution in [0.1, 0.15) is 37.1 Å².